The molecule has 0 fully saturated rings. The fourth-order valence-electron chi connectivity index (χ4n) is 3.62. The molecule has 0 atom stereocenters. The number of hydrogen-bond donors (Lipinski definition) is 3. The summed E-state index contributed by atoms with van der Waals surface area (Å²) in [5, 5.41) is 17.0. The molecule has 5 heteroatoms. The minimum Gasteiger partial charge on any atom is -0.481 e. The third-order valence-corrected chi connectivity index (χ3v) is 5.42. The van der Waals surface area contributed by atoms with Crippen LogP contribution in [0.2, 0.25) is 0 Å². The van der Waals surface area contributed by atoms with Crippen LogP contribution in [0.25, 0.3) is 0 Å². The van der Waals surface area contributed by atoms with Crippen LogP contribution in [0, 0.1) is 0 Å². The number of rotatable bonds is 22. The number of hydrogen-bond acceptors (Lipinski definition) is 3. The van der Waals surface area contributed by atoms with Gasteiger partial charge in [0, 0.05) is 12.8 Å². The molecule has 0 aliphatic carbocycles. The van der Waals surface area contributed by atoms with Gasteiger partial charge in [0.05, 0.1) is 0 Å². The van der Waals surface area contributed by atoms with Crippen molar-refractivity contribution in [3.05, 3.63) is 0 Å². The average Bonchev–Trinajstić information content (AvgIpc) is 2.68. The van der Waals surface area contributed by atoms with E-state index in [1.54, 1.807) is 5.48 Å². The predicted octanol–water partition coefficient (Wildman–Crippen LogP) is 6.77. The molecule has 166 valence electrons. The van der Waals surface area contributed by atoms with E-state index in [4.69, 9.17) is 10.3 Å². The van der Waals surface area contributed by atoms with E-state index in [-0.39, 0.29) is 5.91 Å². The first kappa shape index (κ1) is 26.9. The standard InChI is InChI=1S/C23H45NO4/c25-22(24-28)20-18-16-14-12-10-8-6-4-2-1-3-5-7-9-11-13-15-17-19-21-23(26)27/h28H,1-21H2,(H,24,25)(H,26,27). The summed E-state index contributed by atoms with van der Waals surface area (Å²) in [6.07, 6.45) is 24.4. The summed E-state index contributed by atoms with van der Waals surface area (Å²) in [4.78, 5) is 21.2. The summed E-state index contributed by atoms with van der Waals surface area (Å²) >= 11 is 0. The van der Waals surface area contributed by atoms with E-state index in [0.717, 1.165) is 25.7 Å². The third kappa shape index (κ3) is 22.9. The van der Waals surface area contributed by atoms with Crippen LogP contribution >= 0.6 is 0 Å². The minimum absolute atomic E-state index is 0.273. The first-order valence-corrected chi connectivity index (χ1v) is 11.8. The van der Waals surface area contributed by atoms with Gasteiger partial charge >= 0.3 is 5.97 Å². The lowest BCUT2D eigenvalue weighted by atomic mass is 10.0. The highest BCUT2D eigenvalue weighted by Gasteiger charge is 1.99. The second-order valence-electron chi connectivity index (χ2n) is 8.15. The molecule has 0 aromatic carbocycles. The summed E-state index contributed by atoms with van der Waals surface area (Å²) in [5.74, 6) is -0.941. The van der Waals surface area contributed by atoms with E-state index in [0.29, 0.717) is 12.8 Å². The van der Waals surface area contributed by atoms with E-state index in [9.17, 15) is 9.59 Å². The normalized spacial score (nSPS) is 10.9. The Hall–Kier alpha value is -1.10. The summed E-state index contributed by atoms with van der Waals surface area (Å²) in [7, 11) is 0. The highest BCUT2D eigenvalue weighted by molar-refractivity contribution is 5.74. The maximum atomic E-state index is 10.8. The number of carbonyl (C=O) groups excluding carboxylic acids is 1. The van der Waals surface area contributed by atoms with Crippen LogP contribution in [0.1, 0.15) is 135 Å². The molecule has 0 saturated carbocycles. The Labute approximate surface area is 172 Å². The molecule has 0 heterocycles. The van der Waals surface area contributed by atoms with Gasteiger partial charge in [0.25, 0.3) is 0 Å². The molecule has 3 N–H and O–H groups in total. The van der Waals surface area contributed by atoms with Crippen molar-refractivity contribution in [3.63, 3.8) is 0 Å². The van der Waals surface area contributed by atoms with E-state index >= 15 is 0 Å². The second-order valence-corrected chi connectivity index (χ2v) is 8.15. The van der Waals surface area contributed by atoms with Gasteiger partial charge in [-0.15, -0.1) is 0 Å². The number of nitrogens with one attached hydrogen (secondary N) is 1. The van der Waals surface area contributed by atoms with Gasteiger partial charge in [-0.25, -0.2) is 5.48 Å². The number of aliphatic carboxylic acids is 1. The van der Waals surface area contributed by atoms with Gasteiger partial charge in [-0.1, -0.05) is 109 Å². The molecule has 0 aliphatic rings. The zero-order valence-corrected chi connectivity index (χ0v) is 18.1. The van der Waals surface area contributed by atoms with Gasteiger partial charge in [-0.05, 0) is 12.8 Å². The Morgan fingerprint density at radius 1 is 0.464 bits per heavy atom. The molecule has 0 aromatic rings. The molecule has 0 spiro atoms. The monoisotopic (exact) mass is 399 g/mol. The predicted molar refractivity (Wildman–Crippen MR) is 115 cm³/mol. The largest absolute Gasteiger partial charge is 0.481 e. The van der Waals surface area contributed by atoms with Crippen LogP contribution in [-0.4, -0.2) is 22.2 Å². The third-order valence-electron chi connectivity index (χ3n) is 5.42. The zero-order valence-electron chi connectivity index (χ0n) is 18.1. The molecular formula is C23H45NO4. The Morgan fingerprint density at radius 2 is 0.714 bits per heavy atom. The number of carboxylic acids is 1. The topological polar surface area (TPSA) is 86.6 Å². The van der Waals surface area contributed by atoms with Crippen molar-refractivity contribution < 1.29 is 19.9 Å². The fourth-order valence-corrected chi connectivity index (χ4v) is 3.62. The molecule has 0 radical (unpaired) electrons. The maximum absolute atomic E-state index is 10.8. The highest BCUT2D eigenvalue weighted by Crippen LogP contribution is 2.15. The Balaban J connectivity index is 3.03. The van der Waals surface area contributed by atoms with E-state index in [2.05, 4.69) is 0 Å². The van der Waals surface area contributed by atoms with Gasteiger partial charge in [0.15, 0.2) is 0 Å². The van der Waals surface area contributed by atoms with Crippen LogP contribution in [0.4, 0.5) is 0 Å². The maximum Gasteiger partial charge on any atom is 0.303 e. The molecular weight excluding hydrogens is 354 g/mol. The van der Waals surface area contributed by atoms with Crippen molar-refractivity contribution in [2.75, 3.05) is 0 Å². The average molecular weight is 400 g/mol. The summed E-state index contributed by atoms with van der Waals surface area (Å²) in [6, 6.07) is 0. The molecule has 0 aliphatic heterocycles. The van der Waals surface area contributed by atoms with Gasteiger partial charge < -0.3 is 5.11 Å². The van der Waals surface area contributed by atoms with Crippen molar-refractivity contribution in [1.82, 2.24) is 5.48 Å². The Morgan fingerprint density at radius 3 is 0.964 bits per heavy atom. The van der Waals surface area contributed by atoms with Gasteiger partial charge in [0.1, 0.15) is 0 Å². The second kappa shape index (κ2) is 22.2. The zero-order chi connectivity index (χ0) is 20.7. The lowest BCUT2D eigenvalue weighted by Gasteiger charge is -2.04. The quantitative estimate of drug-likeness (QED) is 0.106. The smallest absolute Gasteiger partial charge is 0.303 e. The molecule has 0 unspecified atom stereocenters. The summed E-state index contributed by atoms with van der Waals surface area (Å²) < 4.78 is 0. The summed E-state index contributed by atoms with van der Waals surface area (Å²) in [5.41, 5.74) is 1.67. The van der Waals surface area contributed by atoms with Crippen LogP contribution in [0.3, 0.4) is 0 Å². The van der Waals surface area contributed by atoms with E-state index in [1.165, 1.54) is 96.3 Å². The number of hydroxylamine groups is 1. The van der Waals surface area contributed by atoms with Crippen molar-refractivity contribution in [2.45, 2.75) is 135 Å². The molecule has 1 amide bonds. The van der Waals surface area contributed by atoms with Crippen molar-refractivity contribution >= 4 is 11.9 Å². The number of carbonyl (C=O) groups is 2. The van der Waals surface area contributed by atoms with E-state index < -0.39 is 5.97 Å². The Kier molecular flexibility index (Phi) is 21.3. The molecule has 0 saturated heterocycles. The minimum atomic E-state index is -0.668. The van der Waals surface area contributed by atoms with Crippen molar-refractivity contribution in [1.29, 1.82) is 0 Å². The molecule has 0 aromatic heterocycles. The first-order chi connectivity index (χ1) is 13.7. The van der Waals surface area contributed by atoms with Crippen LogP contribution < -0.4 is 5.48 Å². The summed E-state index contributed by atoms with van der Waals surface area (Å²) in [6.45, 7) is 0. The number of carboxylic acid groups (broad SMARTS) is 1. The molecule has 28 heavy (non-hydrogen) atoms. The fraction of sp³-hybridized carbons (Fsp3) is 0.913. The van der Waals surface area contributed by atoms with Gasteiger partial charge in [-0.2, -0.15) is 0 Å². The number of unbranched alkanes of at least 4 members (excludes halogenated alkanes) is 18. The van der Waals surface area contributed by atoms with E-state index in [1.807, 2.05) is 0 Å². The van der Waals surface area contributed by atoms with Gasteiger partial charge in [-0.3, -0.25) is 14.8 Å². The lowest BCUT2D eigenvalue weighted by molar-refractivity contribution is -0.137. The molecule has 0 bridgehead atoms. The van der Waals surface area contributed by atoms with Gasteiger partial charge in [0.2, 0.25) is 5.91 Å². The van der Waals surface area contributed by atoms with Crippen LogP contribution in [0.15, 0.2) is 0 Å². The van der Waals surface area contributed by atoms with Crippen molar-refractivity contribution in [3.8, 4) is 0 Å². The number of amides is 1. The molecule has 0 rings (SSSR count). The first-order valence-electron chi connectivity index (χ1n) is 11.8. The Bertz CT molecular complexity index is 361. The van der Waals surface area contributed by atoms with Crippen molar-refractivity contribution in [2.24, 2.45) is 0 Å². The lowest BCUT2D eigenvalue weighted by Crippen LogP contribution is -2.17. The molecule has 5 nitrogen and oxygen atoms in total. The van der Waals surface area contributed by atoms with Crippen LogP contribution in [0.5, 0.6) is 0 Å². The SMILES string of the molecule is O=C(O)CCCCCCCCCCCCCCCCCCCCCC(=O)NO. The highest BCUT2D eigenvalue weighted by atomic mass is 16.5. The van der Waals surface area contributed by atoms with Crippen LogP contribution in [-0.2, 0) is 9.59 Å².